The van der Waals surface area contributed by atoms with Crippen LogP contribution in [-0.4, -0.2) is 52.9 Å². The molecule has 0 fully saturated rings. The second-order valence-corrected chi connectivity index (χ2v) is 10.3. The molecule has 36 heavy (non-hydrogen) atoms. The number of alkyl halides is 3. The van der Waals surface area contributed by atoms with Crippen LogP contribution in [0, 0.1) is 0 Å². The minimum absolute atomic E-state index is 0.217. The minimum Gasteiger partial charge on any atom is -0.355 e. The Bertz CT molecular complexity index is 1400. The first-order valence-electron chi connectivity index (χ1n) is 10.8. The molecule has 0 saturated heterocycles. The van der Waals surface area contributed by atoms with Crippen LogP contribution < -0.4 is 10.6 Å². The largest absolute Gasteiger partial charge is 0.390 e. The number of nitrogens with zero attached hydrogens (tertiary/aromatic N) is 2. The van der Waals surface area contributed by atoms with E-state index in [1.165, 1.54) is 13.1 Å². The van der Waals surface area contributed by atoms with Gasteiger partial charge in [0.15, 0.2) is 5.78 Å². The molecule has 3 heterocycles. The number of Topliss-reactive ketones (excluding diaryl/α,β-unsaturated/α-hetero) is 1. The number of pyridine rings is 1. The molecule has 1 aliphatic heterocycles. The first kappa shape index (κ1) is 25.4. The van der Waals surface area contributed by atoms with Gasteiger partial charge in [0.05, 0.1) is 42.2 Å². The molecule has 1 aromatic carbocycles. The number of amides is 1. The zero-order chi connectivity index (χ0) is 26.1. The van der Waals surface area contributed by atoms with Crippen LogP contribution in [0.25, 0.3) is 11.3 Å². The van der Waals surface area contributed by atoms with Crippen molar-refractivity contribution < 1.29 is 31.2 Å². The summed E-state index contributed by atoms with van der Waals surface area (Å²) < 4.78 is 63.8. The number of aromatic nitrogens is 2. The van der Waals surface area contributed by atoms with Gasteiger partial charge in [-0.2, -0.15) is 17.5 Å². The van der Waals surface area contributed by atoms with Crippen LogP contribution in [0.1, 0.15) is 29.4 Å². The van der Waals surface area contributed by atoms with Gasteiger partial charge >= 0.3 is 6.18 Å². The Hall–Kier alpha value is -3.71. The number of rotatable bonds is 7. The molecule has 9 nitrogen and oxygen atoms in total. The lowest BCUT2D eigenvalue weighted by atomic mass is 10.0. The number of H-pyrrole nitrogens is 1. The number of nitrogens with one attached hydrogen (secondary N) is 3. The molecular weight excluding hydrogens is 499 g/mol. The fraction of sp³-hybridized carbons (Fsp3) is 0.261. The van der Waals surface area contributed by atoms with E-state index in [4.69, 9.17) is 0 Å². The lowest BCUT2D eigenvalue weighted by molar-refractivity contribution is -0.130. The molecule has 0 radical (unpaired) electrons. The Kier molecular flexibility index (Phi) is 6.87. The highest BCUT2D eigenvalue weighted by molar-refractivity contribution is 7.89. The maximum Gasteiger partial charge on any atom is 0.390 e. The highest BCUT2D eigenvalue weighted by atomic mass is 32.2. The summed E-state index contributed by atoms with van der Waals surface area (Å²) in [6.07, 6.45) is -4.69. The van der Waals surface area contributed by atoms with Crippen molar-refractivity contribution in [1.82, 2.24) is 14.3 Å². The molecule has 0 aliphatic carbocycles. The minimum atomic E-state index is -4.64. The average molecular weight is 522 g/mol. The zero-order valence-electron chi connectivity index (χ0n) is 19.0. The third-order valence-electron chi connectivity index (χ3n) is 5.44. The van der Waals surface area contributed by atoms with Crippen molar-refractivity contribution in [1.29, 1.82) is 0 Å². The summed E-state index contributed by atoms with van der Waals surface area (Å²) in [7, 11) is -4.34. The number of carbonyl (C=O) groups is 2. The van der Waals surface area contributed by atoms with E-state index in [0.29, 0.717) is 22.6 Å². The monoisotopic (exact) mass is 521 g/mol. The number of para-hydroxylation sites is 1. The smallest absolute Gasteiger partial charge is 0.355 e. The molecule has 0 saturated carbocycles. The number of benzene rings is 1. The van der Waals surface area contributed by atoms with E-state index in [9.17, 15) is 31.2 Å². The number of hydrogen-bond acceptors (Lipinski definition) is 6. The van der Waals surface area contributed by atoms with Crippen LogP contribution in [-0.2, 0) is 21.4 Å². The number of hydrogen-bond donors (Lipinski definition) is 3. The van der Waals surface area contributed by atoms with E-state index in [1.54, 1.807) is 36.4 Å². The van der Waals surface area contributed by atoms with Gasteiger partial charge in [-0.25, -0.2) is 13.4 Å². The molecule has 190 valence electrons. The van der Waals surface area contributed by atoms with Crippen molar-refractivity contribution >= 4 is 38.9 Å². The van der Waals surface area contributed by atoms with E-state index in [2.05, 4.69) is 20.6 Å². The molecule has 0 spiro atoms. The van der Waals surface area contributed by atoms with Crippen molar-refractivity contribution in [3.8, 4) is 11.3 Å². The predicted molar refractivity (Wildman–Crippen MR) is 127 cm³/mol. The Morgan fingerprint density at radius 2 is 1.89 bits per heavy atom. The second kappa shape index (κ2) is 9.74. The van der Waals surface area contributed by atoms with Crippen molar-refractivity contribution in [3.05, 3.63) is 59.9 Å². The Labute approximate surface area is 204 Å². The third kappa shape index (κ3) is 5.74. The average Bonchev–Trinajstić information content (AvgIpc) is 3.17. The molecule has 2 aromatic heterocycles. The summed E-state index contributed by atoms with van der Waals surface area (Å²) in [4.78, 5) is 31.8. The van der Waals surface area contributed by atoms with Gasteiger partial charge in [-0.15, -0.1) is 0 Å². The highest BCUT2D eigenvalue weighted by Gasteiger charge is 2.38. The SMILES string of the molecule is CC(=O)Nc1cc(-c2[nH]c3c(c2Nc2ccccc2)C(=O)CN(S(=O)(=O)CCC(F)(F)F)C3)ccn1. The van der Waals surface area contributed by atoms with Gasteiger partial charge in [-0.1, -0.05) is 18.2 Å². The van der Waals surface area contributed by atoms with Crippen molar-refractivity contribution in [2.24, 2.45) is 0 Å². The molecule has 0 bridgehead atoms. The van der Waals surface area contributed by atoms with Crippen LogP contribution in [0.15, 0.2) is 48.7 Å². The number of fused-ring (bicyclic) bond motifs is 1. The lowest BCUT2D eigenvalue weighted by Gasteiger charge is -2.26. The topological polar surface area (TPSA) is 124 Å². The van der Waals surface area contributed by atoms with Gasteiger partial charge in [0.2, 0.25) is 15.9 Å². The molecule has 0 unspecified atom stereocenters. The van der Waals surface area contributed by atoms with Gasteiger partial charge in [-0.05, 0) is 24.3 Å². The van der Waals surface area contributed by atoms with Crippen LogP contribution in [0.3, 0.4) is 0 Å². The van der Waals surface area contributed by atoms with Crippen LogP contribution in [0.4, 0.5) is 30.4 Å². The molecule has 1 aliphatic rings. The second-order valence-electron chi connectivity index (χ2n) is 8.20. The number of ketones is 1. The van der Waals surface area contributed by atoms with Crippen molar-refractivity contribution in [3.63, 3.8) is 0 Å². The van der Waals surface area contributed by atoms with Gasteiger partial charge in [0.25, 0.3) is 0 Å². The highest BCUT2D eigenvalue weighted by Crippen LogP contribution is 2.39. The molecule has 3 aromatic rings. The molecular formula is C23H22F3N5O4S. The van der Waals surface area contributed by atoms with Gasteiger partial charge in [0.1, 0.15) is 5.82 Å². The Morgan fingerprint density at radius 1 is 1.17 bits per heavy atom. The third-order valence-corrected chi connectivity index (χ3v) is 7.21. The van der Waals surface area contributed by atoms with Crippen LogP contribution >= 0.6 is 0 Å². The van der Waals surface area contributed by atoms with Crippen molar-refractivity contribution in [2.75, 3.05) is 22.9 Å². The van der Waals surface area contributed by atoms with E-state index < -0.39 is 40.7 Å². The van der Waals surface area contributed by atoms with Crippen LogP contribution in [0.5, 0.6) is 0 Å². The van der Waals surface area contributed by atoms with E-state index in [-0.39, 0.29) is 29.5 Å². The molecule has 1 amide bonds. The first-order valence-corrected chi connectivity index (χ1v) is 12.4. The van der Waals surface area contributed by atoms with Crippen LogP contribution in [0.2, 0.25) is 0 Å². The summed E-state index contributed by atoms with van der Waals surface area (Å²) in [6, 6.07) is 12.2. The summed E-state index contributed by atoms with van der Waals surface area (Å²) in [5.74, 6) is -1.78. The lowest BCUT2D eigenvalue weighted by Crippen LogP contribution is -2.41. The maximum atomic E-state index is 13.2. The van der Waals surface area contributed by atoms with E-state index in [0.717, 1.165) is 4.31 Å². The van der Waals surface area contributed by atoms with Crippen molar-refractivity contribution in [2.45, 2.75) is 26.1 Å². The standard InChI is InChI=1S/C23H22F3N5O4S/c1-14(32)28-19-11-15(7-9-27-19)21-22(29-16-5-3-2-4-6-16)20-17(30-21)12-31(13-18(20)33)36(34,35)10-8-23(24,25)26/h2-7,9,11,29-30H,8,10,12-13H2,1H3,(H,27,28,32). The van der Waals surface area contributed by atoms with Gasteiger partial charge in [0, 0.05) is 30.1 Å². The molecule has 13 heteroatoms. The number of anilines is 3. The number of carbonyl (C=O) groups excluding carboxylic acids is 2. The Balaban J connectivity index is 1.76. The normalized spacial score (nSPS) is 14.4. The Morgan fingerprint density at radius 3 is 2.56 bits per heavy atom. The molecule has 4 rings (SSSR count). The first-order chi connectivity index (χ1) is 16.9. The summed E-state index contributed by atoms with van der Waals surface area (Å²) >= 11 is 0. The number of halogens is 3. The summed E-state index contributed by atoms with van der Waals surface area (Å²) in [6.45, 7) is 0.451. The summed E-state index contributed by atoms with van der Waals surface area (Å²) in [5.41, 5.74) is 2.47. The van der Waals surface area contributed by atoms with Gasteiger partial charge < -0.3 is 15.6 Å². The van der Waals surface area contributed by atoms with Gasteiger partial charge in [-0.3, -0.25) is 9.59 Å². The zero-order valence-corrected chi connectivity index (χ0v) is 19.8. The van der Waals surface area contributed by atoms with E-state index >= 15 is 0 Å². The molecule has 3 N–H and O–H groups in total. The quantitative estimate of drug-likeness (QED) is 0.431. The summed E-state index contributed by atoms with van der Waals surface area (Å²) in [5, 5.41) is 5.77. The predicted octanol–water partition coefficient (Wildman–Crippen LogP) is 4.06. The fourth-order valence-electron chi connectivity index (χ4n) is 3.86. The molecule has 0 atom stereocenters. The number of aromatic amines is 1. The number of sulfonamides is 1. The van der Waals surface area contributed by atoms with E-state index in [1.807, 2.05) is 6.07 Å². The maximum absolute atomic E-state index is 13.2. The fourth-order valence-corrected chi connectivity index (χ4v) is 5.25.